The number of benzene rings is 1. The van der Waals surface area contributed by atoms with E-state index in [1.807, 2.05) is 0 Å². The van der Waals surface area contributed by atoms with Gasteiger partial charge in [-0.25, -0.2) is 0 Å². The summed E-state index contributed by atoms with van der Waals surface area (Å²) < 4.78 is 5.00. The smallest absolute Gasteiger partial charge is 0.255 e. The first-order valence-electron chi connectivity index (χ1n) is 6.39. The van der Waals surface area contributed by atoms with Gasteiger partial charge in [-0.2, -0.15) is 0 Å². The fourth-order valence-corrected chi connectivity index (χ4v) is 2.60. The van der Waals surface area contributed by atoms with Crippen molar-refractivity contribution in [1.82, 2.24) is 5.32 Å². The lowest BCUT2D eigenvalue weighted by molar-refractivity contribution is 0.0941. The zero-order valence-corrected chi connectivity index (χ0v) is 12.1. The SMILES string of the molecule is COc1ccc(C(=O)NC2C(C)(C)C2(C)C)c(O)c1. The molecule has 0 atom stereocenters. The highest BCUT2D eigenvalue weighted by Crippen LogP contribution is 2.62. The Labute approximate surface area is 113 Å². The number of phenols is 1. The summed E-state index contributed by atoms with van der Waals surface area (Å²) in [5.41, 5.74) is 0.425. The number of hydrogen-bond donors (Lipinski definition) is 2. The molecule has 1 aliphatic carbocycles. The minimum absolute atomic E-state index is 0.0619. The van der Waals surface area contributed by atoms with Crippen LogP contribution in [0.1, 0.15) is 38.1 Å². The van der Waals surface area contributed by atoms with Crippen LogP contribution in [0.3, 0.4) is 0 Å². The third-order valence-electron chi connectivity index (χ3n) is 4.75. The molecule has 0 aromatic heterocycles. The molecule has 1 aromatic rings. The van der Waals surface area contributed by atoms with Crippen molar-refractivity contribution in [2.75, 3.05) is 7.11 Å². The van der Waals surface area contributed by atoms with Crippen LogP contribution in [0.2, 0.25) is 0 Å². The van der Waals surface area contributed by atoms with Gasteiger partial charge in [0.05, 0.1) is 12.7 Å². The van der Waals surface area contributed by atoms with Crippen LogP contribution in [-0.2, 0) is 0 Å². The Hall–Kier alpha value is -1.71. The highest BCUT2D eigenvalue weighted by atomic mass is 16.5. The fourth-order valence-electron chi connectivity index (χ4n) is 2.60. The number of hydrogen-bond acceptors (Lipinski definition) is 3. The third-order valence-corrected chi connectivity index (χ3v) is 4.75. The second kappa shape index (κ2) is 4.15. The van der Waals surface area contributed by atoms with E-state index in [9.17, 15) is 9.90 Å². The number of amides is 1. The molecule has 0 spiro atoms. The van der Waals surface area contributed by atoms with Gasteiger partial charge in [0, 0.05) is 12.1 Å². The maximum Gasteiger partial charge on any atom is 0.255 e. The predicted molar refractivity (Wildman–Crippen MR) is 73.5 cm³/mol. The summed E-state index contributed by atoms with van der Waals surface area (Å²) in [6.07, 6.45) is 0. The van der Waals surface area contributed by atoms with Crippen LogP contribution in [0.25, 0.3) is 0 Å². The monoisotopic (exact) mass is 263 g/mol. The fraction of sp³-hybridized carbons (Fsp3) is 0.533. The second-order valence-corrected chi connectivity index (χ2v) is 6.23. The van der Waals surface area contributed by atoms with E-state index in [1.54, 1.807) is 12.1 Å². The zero-order chi connectivity index (χ0) is 14.4. The average Bonchev–Trinajstić information content (AvgIpc) is 2.71. The minimum Gasteiger partial charge on any atom is -0.507 e. The predicted octanol–water partition coefficient (Wildman–Crippen LogP) is 2.57. The summed E-state index contributed by atoms with van der Waals surface area (Å²) in [7, 11) is 1.52. The van der Waals surface area contributed by atoms with Crippen molar-refractivity contribution in [3.05, 3.63) is 23.8 Å². The van der Waals surface area contributed by atoms with Crippen molar-refractivity contribution in [1.29, 1.82) is 0 Å². The molecule has 0 aliphatic heterocycles. The summed E-state index contributed by atoms with van der Waals surface area (Å²) in [5, 5.41) is 12.8. The minimum atomic E-state index is -0.246. The van der Waals surface area contributed by atoms with Crippen molar-refractivity contribution in [2.45, 2.75) is 33.7 Å². The van der Waals surface area contributed by atoms with Crippen LogP contribution >= 0.6 is 0 Å². The Bertz CT molecular complexity index is 506. The molecule has 0 saturated heterocycles. The maximum atomic E-state index is 12.2. The van der Waals surface area contributed by atoms with E-state index in [4.69, 9.17) is 4.74 Å². The van der Waals surface area contributed by atoms with E-state index in [0.717, 1.165) is 0 Å². The van der Waals surface area contributed by atoms with Crippen LogP contribution < -0.4 is 10.1 Å². The number of phenolic OH excluding ortho intramolecular Hbond substituents is 1. The molecule has 1 aliphatic rings. The Kier molecular flexibility index (Phi) is 3.00. The molecule has 0 heterocycles. The lowest BCUT2D eigenvalue weighted by atomic mass is 10.0. The highest BCUT2D eigenvalue weighted by molar-refractivity contribution is 5.97. The Morgan fingerprint density at radius 2 is 1.84 bits per heavy atom. The van der Waals surface area contributed by atoms with Gasteiger partial charge in [0.1, 0.15) is 11.5 Å². The van der Waals surface area contributed by atoms with Gasteiger partial charge in [-0.3, -0.25) is 4.79 Å². The summed E-state index contributed by atoms with van der Waals surface area (Å²) >= 11 is 0. The molecular formula is C15H21NO3. The molecule has 1 amide bonds. The van der Waals surface area contributed by atoms with E-state index >= 15 is 0 Å². The number of carbonyl (C=O) groups is 1. The van der Waals surface area contributed by atoms with Crippen molar-refractivity contribution < 1.29 is 14.6 Å². The molecule has 4 nitrogen and oxygen atoms in total. The summed E-state index contributed by atoms with van der Waals surface area (Å²) in [6.45, 7) is 8.52. The molecule has 1 saturated carbocycles. The molecule has 0 bridgehead atoms. The van der Waals surface area contributed by atoms with Crippen molar-refractivity contribution in [2.24, 2.45) is 10.8 Å². The number of methoxy groups -OCH3 is 1. The largest absolute Gasteiger partial charge is 0.507 e. The van der Waals surface area contributed by atoms with Gasteiger partial charge < -0.3 is 15.2 Å². The first kappa shape index (κ1) is 13.7. The van der Waals surface area contributed by atoms with Crippen LogP contribution in [0, 0.1) is 10.8 Å². The Balaban J connectivity index is 2.14. The van der Waals surface area contributed by atoms with Crippen molar-refractivity contribution >= 4 is 5.91 Å². The first-order chi connectivity index (χ1) is 8.71. The van der Waals surface area contributed by atoms with Crippen LogP contribution in [-0.4, -0.2) is 24.2 Å². The molecule has 1 aromatic carbocycles. The molecule has 0 unspecified atom stereocenters. The molecule has 0 radical (unpaired) electrons. The lowest BCUT2D eigenvalue weighted by Gasteiger charge is -2.09. The van der Waals surface area contributed by atoms with E-state index in [2.05, 4.69) is 33.0 Å². The molecule has 2 rings (SSSR count). The summed E-state index contributed by atoms with van der Waals surface area (Å²) in [5.74, 6) is 0.220. The number of rotatable bonds is 3. The summed E-state index contributed by atoms with van der Waals surface area (Å²) in [6, 6.07) is 4.80. The molecule has 1 fully saturated rings. The van der Waals surface area contributed by atoms with Crippen LogP contribution in [0.15, 0.2) is 18.2 Å². The second-order valence-electron chi connectivity index (χ2n) is 6.23. The standard InChI is InChI=1S/C15H21NO3/c1-14(2)13(15(14,3)4)16-12(18)10-7-6-9(19-5)8-11(10)17/h6-8,13,17H,1-5H3,(H,16,18). The molecule has 2 N–H and O–H groups in total. The average molecular weight is 263 g/mol. The van der Waals surface area contributed by atoms with E-state index in [0.29, 0.717) is 5.75 Å². The lowest BCUT2D eigenvalue weighted by Crippen LogP contribution is -2.29. The first-order valence-corrected chi connectivity index (χ1v) is 6.39. The van der Waals surface area contributed by atoms with E-state index in [-0.39, 0.29) is 34.1 Å². The van der Waals surface area contributed by atoms with Gasteiger partial charge in [-0.05, 0) is 23.0 Å². The van der Waals surface area contributed by atoms with Crippen molar-refractivity contribution in [3.63, 3.8) is 0 Å². The third kappa shape index (κ3) is 2.05. The Morgan fingerprint density at radius 3 is 2.26 bits per heavy atom. The topological polar surface area (TPSA) is 58.6 Å². The van der Waals surface area contributed by atoms with Gasteiger partial charge in [-0.15, -0.1) is 0 Å². The number of nitrogens with one attached hydrogen (secondary N) is 1. The molecular weight excluding hydrogens is 242 g/mol. The Morgan fingerprint density at radius 1 is 1.26 bits per heavy atom. The normalized spacial score (nSPS) is 19.8. The molecule has 19 heavy (non-hydrogen) atoms. The van der Waals surface area contributed by atoms with Crippen LogP contribution in [0.4, 0.5) is 0 Å². The van der Waals surface area contributed by atoms with Gasteiger partial charge in [0.15, 0.2) is 0 Å². The number of aromatic hydroxyl groups is 1. The van der Waals surface area contributed by atoms with E-state index < -0.39 is 0 Å². The van der Waals surface area contributed by atoms with Gasteiger partial charge in [0.2, 0.25) is 0 Å². The number of ether oxygens (including phenoxy) is 1. The van der Waals surface area contributed by atoms with Gasteiger partial charge in [0.25, 0.3) is 5.91 Å². The summed E-state index contributed by atoms with van der Waals surface area (Å²) in [4.78, 5) is 12.2. The van der Waals surface area contributed by atoms with E-state index in [1.165, 1.54) is 13.2 Å². The maximum absolute atomic E-state index is 12.2. The van der Waals surface area contributed by atoms with Crippen molar-refractivity contribution in [3.8, 4) is 11.5 Å². The quantitative estimate of drug-likeness (QED) is 0.881. The van der Waals surface area contributed by atoms with Gasteiger partial charge >= 0.3 is 0 Å². The zero-order valence-electron chi connectivity index (χ0n) is 12.1. The molecule has 4 heteroatoms. The van der Waals surface area contributed by atoms with Crippen LogP contribution in [0.5, 0.6) is 11.5 Å². The van der Waals surface area contributed by atoms with Gasteiger partial charge in [-0.1, -0.05) is 27.7 Å². The highest BCUT2D eigenvalue weighted by Gasteiger charge is 2.65. The molecule has 104 valence electrons. The number of carbonyl (C=O) groups excluding carboxylic acids is 1.